The van der Waals surface area contributed by atoms with Crippen LogP contribution in [0, 0.1) is 17.6 Å². The molecule has 0 spiro atoms. The molecule has 0 aliphatic heterocycles. The summed E-state index contributed by atoms with van der Waals surface area (Å²) in [6.45, 7) is 4.85. The molecule has 0 bridgehead atoms. The van der Waals surface area contributed by atoms with Crippen LogP contribution in [0.4, 0.5) is 18.9 Å². The van der Waals surface area contributed by atoms with Crippen LogP contribution in [0.15, 0.2) is 30.3 Å². The summed E-state index contributed by atoms with van der Waals surface area (Å²) in [6.07, 6.45) is 4.20. The third kappa shape index (κ3) is 7.37. The molecule has 32 heavy (non-hydrogen) atoms. The average Bonchev–Trinajstić information content (AvgIpc) is 2.68. The second-order valence-corrected chi connectivity index (χ2v) is 9.62. The summed E-state index contributed by atoms with van der Waals surface area (Å²) >= 11 is 0. The lowest BCUT2D eigenvalue weighted by atomic mass is 10.0. The van der Waals surface area contributed by atoms with Gasteiger partial charge in [0.15, 0.2) is 11.6 Å². The highest BCUT2D eigenvalue weighted by atomic mass is 32.2. The summed E-state index contributed by atoms with van der Waals surface area (Å²) in [5.41, 5.74) is 0.998. The molecule has 1 aromatic carbocycles. The Balaban J connectivity index is 2.16. The molecule has 1 amide bonds. The number of halogens is 3. The lowest BCUT2D eigenvalue weighted by Gasteiger charge is -2.15. The van der Waals surface area contributed by atoms with E-state index in [2.05, 4.69) is 10.3 Å². The number of nitrogens with one attached hydrogen (secondary N) is 2. The van der Waals surface area contributed by atoms with Gasteiger partial charge >= 0.3 is 0 Å². The standard InChI is InChI=1S/C22H26F3N3O3S/c1-13(2)9-20-15(5-7-17(12-23)27-20)6-8-21(29)26-14(3)16-10-18(24)22(19(25)11-16)28-32(4,30)31/h5-8,10-11,13-14,28H,9,12H2,1-4H3,(H,26,29)/b8-6+/t14-/m1/s1. The Labute approximate surface area is 186 Å². The van der Waals surface area contributed by atoms with Gasteiger partial charge in [0, 0.05) is 11.8 Å². The Hall–Kier alpha value is -2.88. The van der Waals surface area contributed by atoms with E-state index in [1.807, 2.05) is 13.8 Å². The van der Waals surface area contributed by atoms with Gasteiger partial charge in [-0.3, -0.25) is 14.5 Å². The first-order chi connectivity index (χ1) is 14.9. The fraction of sp³-hybridized carbons (Fsp3) is 0.364. The molecule has 10 heteroatoms. The number of aromatic nitrogens is 1. The van der Waals surface area contributed by atoms with E-state index in [9.17, 15) is 26.4 Å². The van der Waals surface area contributed by atoms with Gasteiger partial charge in [-0.1, -0.05) is 19.9 Å². The molecule has 0 saturated heterocycles. The number of amides is 1. The Morgan fingerprint density at radius 2 is 1.78 bits per heavy atom. The summed E-state index contributed by atoms with van der Waals surface area (Å²) in [4.78, 5) is 16.6. The van der Waals surface area contributed by atoms with Crippen molar-refractivity contribution in [3.05, 3.63) is 64.5 Å². The van der Waals surface area contributed by atoms with Crippen LogP contribution in [0.25, 0.3) is 6.08 Å². The minimum absolute atomic E-state index is 0.121. The van der Waals surface area contributed by atoms with Crippen LogP contribution in [0.1, 0.15) is 49.3 Å². The largest absolute Gasteiger partial charge is 0.346 e. The SMILES string of the molecule is CC(C)Cc1nc(CF)ccc1/C=C/C(=O)N[C@H](C)c1cc(F)c(NS(C)(=O)=O)c(F)c1. The van der Waals surface area contributed by atoms with Crippen LogP contribution in [0.5, 0.6) is 0 Å². The summed E-state index contributed by atoms with van der Waals surface area (Å²) in [5, 5.41) is 2.59. The van der Waals surface area contributed by atoms with Crippen molar-refractivity contribution < 1.29 is 26.4 Å². The molecule has 174 valence electrons. The highest BCUT2D eigenvalue weighted by Gasteiger charge is 2.18. The average molecular weight is 470 g/mol. The molecule has 0 fully saturated rings. The molecular formula is C22H26F3N3O3S. The number of benzene rings is 1. The van der Waals surface area contributed by atoms with E-state index in [1.165, 1.54) is 13.0 Å². The highest BCUT2D eigenvalue weighted by molar-refractivity contribution is 7.92. The molecule has 0 unspecified atom stereocenters. The van der Waals surface area contributed by atoms with Crippen LogP contribution in [0.2, 0.25) is 0 Å². The lowest BCUT2D eigenvalue weighted by molar-refractivity contribution is -0.117. The minimum Gasteiger partial charge on any atom is -0.346 e. The van der Waals surface area contributed by atoms with Crippen LogP contribution in [-0.2, 0) is 27.9 Å². The lowest BCUT2D eigenvalue weighted by Crippen LogP contribution is -2.25. The van der Waals surface area contributed by atoms with Crippen molar-refractivity contribution in [3.8, 4) is 0 Å². The third-order valence-electron chi connectivity index (χ3n) is 4.43. The van der Waals surface area contributed by atoms with Crippen molar-refractivity contribution in [2.75, 3.05) is 11.0 Å². The zero-order valence-corrected chi connectivity index (χ0v) is 19.1. The number of pyridine rings is 1. The van der Waals surface area contributed by atoms with Crippen LogP contribution in [0.3, 0.4) is 0 Å². The fourth-order valence-electron chi connectivity index (χ4n) is 2.97. The van der Waals surface area contributed by atoms with E-state index < -0.39 is 46.0 Å². The maximum absolute atomic E-state index is 14.2. The molecule has 2 N–H and O–H groups in total. The maximum Gasteiger partial charge on any atom is 0.244 e. The van der Waals surface area contributed by atoms with Gasteiger partial charge in [-0.2, -0.15) is 0 Å². The summed E-state index contributed by atoms with van der Waals surface area (Å²) in [5.74, 6) is -2.43. The molecule has 0 saturated carbocycles. The van der Waals surface area contributed by atoms with Gasteiger partial charge in [0.25, 0.3) is 0 Å². The molecule has 6 nitrogen and oxygen atoms in total. The van der Waals surface area contributed by atoms with Crippen molar-refractivity contribution in [3.63, 3.8) is 0 Å². The van der Waals surface area contributed by atoms with Crippen molar-refractivity contribution in [1.82, 2.24) is 10.3 Å². The van der Waals surface area contributed by atoms with Gasteiger partial charge in [0.2, 0.25) is 15.9 Å². The predicted molar refractivity (Wildman–Crippen MR) is 118 cm³/mol. The van der Waals surface area contributed by atoms with Gasteiger partial charge in [0.05, 0.1) is 18.0 Å². The molecule has 1 aromatic heterocycles. The summed E-state index contributed by atoms with van der Waals surface area (Å²) in [6, 6.07) is 4.37. The van der Waals surface area contributed by atoms with Crippen molar-refractivity contribution in [1.29, 1.82) is 0 Å². The van der Waals surface area contributed by atoms with Gasteiger partial charge in [-0.15, -0.1) is 0 Å². The number of hydrogen-bond donors (Lipinski definition) is 2. The monoisotopic (exact) mass is 469 g/mol. The minimum atomic E-state index is -3.86. The summed E-state index contributed by atoms with van der Waals surface area (Å²) < 4.78 is 65.6. The van der Waals surface area contributed by atoms with E-state index in [1.54, 1.807) is 22.9 Å². The molecule has 0 aliphatic rings. The molecule has 0 radical (unpaired) electrons. The van der Waals surface area contributed by atoms with Crippen molar-refractivity contribution in [2.45, 2.75) is 39.9 Å². The van der Waals surface area contributed by atoms with Crippen molar-refractivity contribution >= 4 is 27.7 Å². The Morgan fingerprint density at radius 1 is 1.16 bits per heavy atom. The molecule has 1 heterocycles. The smallest absolute Gasteiger partial charge is 0.244 e. The quantitative estimate of drug-likeness (QED) is 0.537. The maximum atomic E-state index is 14.2. The number of nitrogens with zero attached hydrogens (tertiary/aromatic N) is 1. The number of alkyl halides is 1. The highest BCUT2D eigenvalue weighted by Crippen LogP contribution is 2.25. The Kier molecular flexibility index (Phi) is 8.43. The van der Waals surface area contributed by atoms with Crippen LogP contribution < -0.4 is 10.0 Å². The van der Waals surface area contributed by atoms with Crippen molar-refractivity contribution in [2.24, 2.45) is 5.92 Å². The zero-order chi connectivity index (χ0) is 24.1. The van der Waals surface area contributed by atoms with Gasteiger partial charge in [0.1, 0.15) is 12.4 Å². The number of sulfonamides is 1. The number of carbonyl (C=O) groups excluding carboxylic acids is 1. The molecular weight excluding hydrogens is 443 g/mol. The number of anilines is 1. The van der Waals surface area contributed by atoms with Crippen LogP contribution in [-0.4, -0.2) is 25.6 Å². The first kappa shape index (κ1) is 25.4. The topological polar surface area (TPSA) is 88.2 Å². The number of carbonyl (C=O) groups is 1. The molecule has 2 rings (SSSR count). The van der Waals surface area contributed by atoms with E-state index >= 15 is 0 Å². The number of hydrogen-bond acceptors (Lipinski definition) is 4. The first-order valence-corrected chi connectivity index (χ1v) is 11.8. The van der Waals surface area contributed by atoms with E-state index in [0.717, 1.165) is 18.4 Å². The summed E-state index contributed by atoms with van der Waals surface area (Å²) in [7, 11) is -3.86. The van der Waals surface area contributed by atoms with Crippen LogP contribution >= 0.6 is 0 Å². The Bertz CT molecular complexity index is 1100. The van der Waals surface area contributed by atoms with E-state index in [4.69, 9.17) is 0 Å². The predicted octanol–water partition coefficient (Wildman–Crippen LogP) is 4.29. The second kappa shape index (κ2) is 10.6. The fourth-order valence-corrected chi connectivity index (χ4v) is 3.54. The van der Waals surface area contributed by atoms with Gasteiger partial charge in [-0.05, 0) is 54.7 Å². The van der Waals surface area contributed by atoms with E-state index in [-0.39, 0.29) is 11.5 Å². The molecule has 2 aromatic rings. The second-order valence-electron chi connectivity index (χ2n) is 7.87. The molecule has 0 aliphatic carbocycles. The first-order valence-electron chi connectivity index (χ1n) is 9.89. The zero-order valence-electron chi connectivity index (χ0n) is 18.2. The van der Waals surface area contributed by atoms with Gasteiger partial charge in [-0.25, -0.2) is 21.6 Å². The third-order valence-corrected chi connectivity index (χ3v) is 5.01. The number of rotatable bonds is 9. The van der Waals surface area contributed by atoms with Gasteiger partial charge < -0.3 is 5.32 Å². The Morgan fingerprint density at radius 3 is 2.31 bits per heavy atom. The van der Waals surface area contributed by atoms with E-state index in [0.29, 0.717) is 23.4 Å². The molecule has 1 atom stereocenters. The normalized spacial score (nSPS) is 12.9.